The van der Waals surface area contributed by atoms with Crippen LogP contribution in [0.25, 0.3) is 22.0 Å². The van der Waals surface area contributed by atoms with Crippen molar-refractivity contribution in [1.82, 2.24) is 30.4 Å². The molecule has 5 fully saturated rings. The average molecular weight is 1430 g/mol. The number of aliphatic hydroxyl groups excluding tert-OH is 2. The number of carbonyl (C=O) groups excluding carboxylic acids is 7. The van der Waals surface area contributed by atoms with Gasteiger partial charge in [-0.1, -0.05) is 75.6 Å². The van der Waals surface area contributed by atoms with Crippen molar-refractivity contribution in [2.75, 3.05) is 83.9 Å². The van der Waals surface area contributed by atoms with Crippen molar-refractivity contribution in [3.05, 3.63) is 76.9 Å². The topological polar surface area (TPSA) is 318 Å². The zero-order valence-corrected chi connectivity index (χ0v) is 59.8. The van der Waals surface area contributed by atoms with Gasteiger partial charge in [0.25, 0.3) is 11.7 Å². The highest BCUT2D eigenvalue weighted by Gasteiger charge is 2.59. The molecule has 1 saturated carbocycles. The fraction of sp³-hybridized carbons (Fsp3) is 0.635. The molecule has 27 heteroatoms. The van der Waals surface area contributed by atoms with Crippen LogP contribution in [0.15, 0.2) is 60.2 Å². The summed E-state index contributed by atoms with van der Waals surface area (Å²) in [5, 5.41) is 54.8. The van der Waals surface area contributed by atoms with E-state index in [1.165, 1.54) is 50.5 Å². The zero-order valence-electron chi connectivity index (χ0n) is 59.1. The van der Waals surface area contributed by atoms with Crippen LogP contribution in [-0.2, 0) is 57.2 Å². The van der Waals surface area contributed by atoms with Gasteiger partial charge in [-0.25, -0.2) is 18.6 Å². The van der Waals surface area contributed by atoms with Crippen LogP contribution in [0.1, 0.15) is 137 Å². The fourth-order valence-corrected chi connectivity index (χ4v) is 15.9. The van der Waals surface area contributed by atoms with Gasteiger partial charge in [0.05, 0.1) is 41.1 Å². The van der Waals surface area contributed by atoms with Crippen LogP contribution >= 0.6 is 11.6 Å². The second-order valence-corrected chi connectivity index (χ2v) is 28.7. The number of hydrogen-bond donors (Lipinski definition) is 7. The standard InChI is InChI=1S/C74H101ClF2N8O16/c1-9-61(92)83-29-31-84(32-30-83)70-49-39-50(75)62(63-51(76)19-15-20-53(63)87)64(77)65(49)81-73(82-70)80-27-24-60(91)79-26-13-11-10-12-25-78-59(90)21-14-17-46-34-41(2)33-42(3)35-57(98-7)68-58(99-8)36-43(4)74(96,101-68)69(93)71(94)85-28-16-18-47-48(37-45-22-23-52(86)56(38-45)97-6)67(100-72(95)66(47)85)44(5)54(88)40-55(46)89/h9,15,19-20,34,37,39,42-47,52,54,56-58,66-68,86-88,96H,1,10-14,16-18,21-33,35-36,38,40H2,2-8H3,(H,78,90)(H,79,91)(H,80,81,82)/b41-34+,48-37+/t42-,43+,44+,45-,46+,47?,52+,54-,56+,57-,58-,66-,67-,68+,74+/m0/s1. The molecule has 6 aliphatic heterocycles. The SMILES string of the molecule is C=CC(=O)N1CCN(c2nc(NCCC(=O)NCCCCCCNC(=O)CCC[C@@H]3/C=C(\C)C[C@H](C)C[C@H](OC)[C@H]4O[C@@](O)(C(=O)C(=O)N5CCCC6/C(=C\[C@@H]7CC[C@@H](O)[C@H](OC)C7)[C@@H](OC(=O)[C@H]65)[C@H](C)[C@@H](O)CC3=O)[C@H](C)C[C@@H]4OC)nc3c(F)c(-c4c(O)cccc4F)c(Cl)cc23)CC1. The molecular formula is C74H101ClF2N8O16. The van der Waals surface area contributed by atoms with Gasteiger partial charge in [-0.2, -0.15) is 4.98 Å². The van der Waals surface area contributed by atoms with Crippen molar-refractivity contribution in [1.29, 1.82) is 0 Å². The van der Waals surface area contributed by atoms with Crippen molar-refractivity contribution in [2.24, 2.45) is 35.5 Å². The number of amides is 4. The maximum Gasteiger partial charge on any atom is 0.330 e. The molecule has 3 aromatic rings. The molecule has 1 unspecified atom stereocenters. The minimum absolute atomic E-state index is 0.0121. The first-order valence-corrected chi connectivity index (χ1v) is 36.1. The Hall–Kier alpha value is -7.04. The summed E-state index contributed by atoms with van der Waals surface area (Å²) in [6, 6.07) is 3.75. The van der Waals surface area contributed by atoms with Gasteiger partial charge in [-0.3, -0.25) is 28.8 Å². The number of aliphatic hydroxyl groups is 3. The Morgan fingerprint density at radius 2 is 1.50 bits per heavy atom. The number of nitrogens with one attached hydrogen (secondary N) is 3. The lowest BCUT2D eigenvalue weighted by Crippen LogP contribution is -2.66. The Kier molecular flexibility index (Phi) is 27.4. The zero-order chi connectivity index (χ0) is 73.0. The summed E-state index contributed by atoms with van der Waals surface area (Å²) in [5.41, 5.74) is 0.502. The van der Waals surface area contributed by atoms with E-state index in [9.17, 15) is 54.0 Å². The van der Waals surface area contributed by atoms with E-state index in [2.05, 4.69) is 27.5 Å². The second kappa shape index (κ2) is 35.4. The number of aromatic hydroxyl groups is 1. The maximum atomic E-state index is 16.6. The number of nitrogens with zero attached hydrogens (tertiary/aromatic N) is 5. The second-order valence-electron chi connectivity index (χ2n) is 28.3. The van der Waals surface area contributed by atoms with E-state index in [0.29, 0.717) is 121 Å². The summed E-state index contributed by atoms with van der Waals surface area (Å²) in [7, 11) is 4.53. The summed E-state index contributed by atoms with van der Waals surface area (Å²) in [6.07, 6.45) is 5.94. The van der Waals surface area contributed by atoms with Crippen LogP contribution in [-0.4, -0.2) is 210 Å². The summed E-state index contributed by atoms with van der Waals surface area (Å²) in [5.74, 6) is -12.1. The van der Waals surface area contributed by atoms with E-state index in [1.807, 2.05) is 30.9 Å². The van der Waals surface area contributed by atoms with Crippen molar-refractivity contribution in [2.45, 2.75) is 191 Å². The number of hydrogen-bond acceptors (Lipinski definition) is 20. The molecule has 1 aliphatic carbocycles. The Morgan fingerprint density at radius 1 is 0.822 bits per heavy atom. The number of phenolic OH excluding ortho intramolecular Hbond substituents is 1. The Balaban J connectivity index is 0.797. The molecule has 4 saturated heterocycles. The predicted octanol–water partition coefficient (Wildman–Crippen LogP) is 7.83. The summed E-state index contributed by atoms with van der Waals surface area (Å²) < 4.78 is 62.0. The highest BCUT2D eigenvalue weighted by Crippen LogP contribution is 2.46. The molecule has 2 aromatic carbocycles. The number of ether oxygens (including phenoxy) is 5. The number of piperazine rings is 1. The maximum absolute atomic E-state index is 16.6. The first kappa shape index (κ1) is 78.1. The summed E-state index contributed by atoms with van der Waals surface area (Å²) >= 11 is 6.61. The van der Waals surface area contributed by atoms with E-state index in [-0.39, 0.29) is 102 Å². The van der Waals surface area contributed by atoms with Crippen LogP contribution in [0.3, 0.4) is 0 Å². The molecule has 24 nitrogen and oxygen atoms in total. The molecule has 7 N–H and O–H groups in total. The number of phenols is 1. The highest BCUT2D eigenvalue weighted by molar-refractivity contribution is 6.39. The van der Waals surface area contributed by atoms with Crippen LogP contribution in [0.5, 0.6) is 5.75 Å². The lowest BCUT2D eigenvalue weighted by Gasteiger charge is -2.49. The fourth-order valence-electron chi connectivity index (χ4n) is 15.6. The highest BCUT2D eigenvalue weighted by atomic mass is 35.5. The van der Waals surface area contributed by atoms with Gasteiger partial charge in [0, 0.05) is 128 Å². The minimum Gasteiger partial charge on any atom is -0.507 e. The van der Waals surface area contributed by atoms with E-state index in [4.69, 9.17) is 40.3 Å². The third-order valence-corrected chi connectivity index (χ3v) is 21.6. The van der Waals surface area contributed by atoms with Gasteiger partial charge < -0.3 is 74.8 Å². The molecule has 15 atom stereocenters. The molecule has 7 heterocycles. The number of esters is 1. The number of unbranched alkanes of at least 4 members (excludes halogenated alkanes) is 3. The predicted molar refractivity (Wildman–Crippen MR) is 373 cm³/mol. The normalized spacial score (nSPS) is 30.3. The number of allylic oxidation sites excluding steroid dienone is 3. The van der Waals surface area contributed by atoms with Gasteiger partial charge in [0.2, 0.25) is 29.5 Å². The number of halogens is 3. The molecule has 0 radical (unpaired) electrons. The molecule has 554 valence electrons. The van der Waals surface area contributed by atoms with E-state index < -0.39 is 119 Å². The minimum atomic E-state index is -2.60. The molecule has 101 heavy (non-hydrogen) atoms. The monoisotopic (exact) mass is 1430 g/mol. The number of Topliss-reactive ketones (excluding diaryl/α,β-unsaturated/α-hetero) is 2. The molecule has 7 aliphatic rings. The van der Waals surface area contributed by atoms with E-state index in [0.717, 1.165) is 24.5 Å². The lowest BCUT2D eigenvalue weighted by atomic mass is 9.72. The number of benzene rings is 2. The van der Waals surface area contributed by atoms with Crippen LogP contribution in [0, 0.1) is 47.1 Å². The van der Waals surface area contributed by atoms with Crippen molar-refractivity contribution in [3.63, 3.8) is 0 Å². The number of methoxy groups -OCH3 is 3. The average Bonchev–Trinajstić information content (AvgIpc) is 0.825. The van der Waals surface area contributed by atoms with Gasteiger partial charge in [0.15, 0.2) is 5.82 Å². The summed E-state index contributed by atoms with van der Waals surface area (Å²) in [6.45, 7) is 13.0. The smallest absolute Gasteiger partial charge is 0.330 e. The van der Waals surface area contributed by atoms with Crippen molar-refractivity contribution >= 4 is 75.4 Å². The summed E-state index contributed by atoms with van der Waals surface area (Å²) in [4.78, 5) is 111. The Labute approximate surface area is 594 Å². The van der Waals surface area contributed by atoms with Crippen molar-refractivity contribution in [3.8, 4) is 16.9 Å². The van der Waals surface area contributed by atoms with E-state index in [1.54, 1.807) is 18.7 Å². The van der Waals surface area contributed by atoms with Gasteiger partial charge in [-0.05, 0) is 126 Å². The Bertz CT molecular complexity index is 3540. The number of ketones is 2. The van der Waals surface area contributed by atoms with Crippen LogP contribution in [0.4, 0.5) is 20.5 Å². The third-order valence-electron chi connectivity index (χ3n) is 21.3. The lowest BCUT2D eigenvalue weighted by molar-refractivity contribution is -0.302. The number of aromatic nitrogens is 2. The van der Waals surface area contributed by atoms with E-state index >= 15 is 8.78 Å². The molecule has 10 rings (SSSR count). The number of piperidine rings is 1. The van der Waals surface area contributed by atoms with Gasteiger partial charge in [-0.15, -0.1) is 0 Å². The number of carbonyl (C=O) groups is 7. The van der Waals surface area contributed by atoms with Gasteiger partial charge >= 0.3 is 5.97 Å². The van der Waals surface area contributed by atoms with Crippen LogP contribution < -0.4 is 20.9 Å². The molecule has 6 bridgehead atoms. The largest absolute Gasteiger partial charge is 0.507 e. The third kappa shape index (κ3) is 18.5. The molecular weight excluding hydrogens is 1330 g/mol. The first-order chi connectivity index (χ1) is 48.3. The quantitative estimate of drug-likeness (QED) is 0.0166. The Morgan fingerprint density at radius 3 is 2.18 bits per heavy atom. The first-order valence-electron chi connectivity index (χ1n) is 35.7. The molecule has 4 amide bonds. The van der Waals surface area contributed by atoms with Gasteiger partial charge in [0.1, 0.15) is 46.9 Å². The molecule has 1 aromatic heterocycles. The number of fused-ring (bicyclic) bond motifs is 12. The number of rotatable bonds is 22. The number of anilines is 2. The van der Waals surface area contributed by atoms with Crippen molar-refractivity contribution < 1.29 is 86.5 Å². The van der Waals surface area contributed by atoms with Crippen LogP contribution in [0.2, 0.25) is 5.02 Å². The molecule has 0 spiro atoms.